The van der Waals surface area contributed by atoms with E-state index in [9.17, 15) is 9.18 Å². The van der Waals surface area contributed by atoms with Gasteiger partial charge in [0.05, 0.1) is 12.3 Å². The molecule has 0 aliphatic heterocycles. The van der Waals surface area contributed by atoms with Crippen LogP contribution in [-0.2, 0) is 4.74 Å². The number of hydrogen-bond acceptors (Lipinski definition) is 4. The average molecular weight is 263 g/mol. The summed E-state index contributed by atoms with van der Waals surface area (Å²) < 4.78 is 23.7. The van der Waals surface area contributed by atoms with E-state index in [2.05, 4.69) is 4.98 Å². The highest BCUT2D eigenvalue weighted by molar-refractivity contribution is 5.87. The minimum Gasteiger partial charge on any atom is -0.460 e. The average Bonchev–Trinajstić information content (AvgIpc) is 2.75. The van der Waals surface area contributed by atoms with Crippen molar-refractivity contribution < 1.29 is 18.3 Å². The third-order valence-corrected chi connectivity index (χ3v) is 2.68. The van der Waals surface area contributed by atoms with E-state index in [1.165, 1.54) is 6.07 Å². The number of esters is 1. The van der Waals surface area contributed by atoms with Gasteiger partial charge in [-0.3, -0.25) is 0 Å². The minimum atomic E-state index is -0.564. The van der Waals surface area contributed by atoms with E-state index < -0.39 is 5.97 Å². The molecule has 0 aliphatic rings. The molecule has 0 saturated heterocycles. The number of ether oxygens (including phenoxy) is 1. The van der Waals surface area contributed by atoms with Crippen molar-refractivity contribution in [3.63, 3.8) is 0 Å². The van der Waals surface area contributed by atoms with Crippen LogP contribution in [0.4, 0.5) is 4.39 Å². The van der Waals surface area contributed by atoms with Gasteiger partial charge in [0.15, 0.2) is 0 Å². The lowest BCUT2D eigenvalue weighted by Crippen LogP contribution is -2.04. The van der Waals surface area contributed by atoms with Gasteiger partial charge in [-0.1, -0.05) is 6.07 Å². The number of nitrogens with zero attached hydrogens (tertiary/aromatic N) is 1. The molecular formula is C14H14FNO3. The second-order valence-corrected chi connectivity index (χ2v) is 4.12. The zero-order chi connectivity index (χ0) is 14.0. The number of rotatable bonds is 3. The molecule has 2 aromatic rings. The van der Waals surface area contributed by atoms with Gasteiger partial charge < -0.3 is 9.15 Å². The second-order valence-electron chi connectivity index (χ2n) is 4.12. The molecule has 100 valence electrons. The molecule has 0 bridgehead atoms. The van der Waals surface area contributed by atoms with Crippen molar-refractivity contribution in [3.8, 4) is 11.5 Å². The molecule has 0 spiro atoms. The van der Waals surface area contributed by atoms with E-state index in [4.69, 9.17) is 9.15 Å². The second kappa shape index (κ2) is 5.22. The molecule has 5 heteroatoms. The molecule has 0 amide bonds. The number of hydrogen-bond donors (Lipinski definition) is 0. The number of halogens is 1. The molecule has 1 aromatic heterocycles. The fourth-order valence-electron chi connectivity index (χ4n) is 1.63. The Bertz CT molecular complexity index is 619. The summed E-state index contributed by atoms with van der Waals surface area (Å²) in [6, 6.07) is 4.66. The van der Waals surface area contributed by atoms with Gasteiger partial charge in [0.1, 0.15) is 5.82 Å². The molecule has 0 atom stereocenters. The topological polar surface area (TPSA) is 52.3 Å². The maximum atomic E-state index is 13.5. The zero-order valence-electron chi connectivity index (χ0n) is 11.0. The third kappa shape index (κ3) is 2.65. The molecule has 0 unspecified atom stereocenters. The van der Waals surface area contributed by atoms with E-state index in [0.717, 1.165) is 0 Å². The van der Waals surface area contributed by atoms with Gasteiger partial charge in [-0.2, -0.15) is 0 Å². The molecule has 1 aromatic carbocycles. The van der Waals surface area contributed by atoms with E-state index in [0.29, 0.717) is 16.8 Å². The van der Waals surface area contributed by atoms with Gasteiger partial charge >= 0.3 is 5.97 Å². The Hall–Kier alpha value is -2.17. The number of benzene rings is 1. The molecule has 2 rings (SSSR count). The van der Waals surface area contributed by atoms with Crippen molar-refractivity contribution in [2.24, 2.45) is 0 Å². The van der Waals surface area contributed by atoms with E-state index >= 15 is 0 Å². The van der Waals surface area contributed by atoms with Crippen LogP contribution >= 0.6 is 0 Å². The Morgan fingerprint density at radius 1 is 1.42 bits per heavy atom. The maximum absolute atomic E-state index is 13.5. The first-order chi connectivity index (χ1) is 9.02. The largest absolute Gasteiger partial charge is 0.460 e. The third-order valence-electron chi connectivity index (χ3n) is 2.68. The van der Waals surface area contributed by atoms with Gasteiger partial charge in [0.2, 0.25) is 11.7 Å². The number of carbonyl (C=O) groups is 1. The first-order valence-corrected chi connectivity index (χ1v) is 5.94. The molecule has 0 radical (unpaired) electrons. The standard InChI is InChI=1S/C14H14FNO3/c1-4-18-14(17)12-9(3)16-13(19-12)10-6-5-8(2)11(15)7-10/h5-7H,4H2,1-3H3. The first kappa shape index (κ1) is 13.3. The molecular weight excluding hydrogens is 249 g/mol. The summed E-state index contributed by atoms with van der Waals surface area (Å²) in [6.07, 6.45) is 0. The fraction of sp³-hybridized carbons (Fsp3) is 0.286. The number of aromatic nitrogens is 1. The molecule has 0 N–H and O–H groups in total. The lowest BCUT2D eigenvalue weighted by molar-refractivity contribution is 0.0490. The summed E-state index contributed by atoms with van der Waals surface area (Å²) in [5, 5.41) is 0. The number of oxazole rings is 1. The smallest absolute Gasteiger partial charge is 0.376 e. The van der Waals surface area contributed by atoms with Gasteiger partial charge in [-0.05, 0) is 38.5 Å². The Morgan fingerprint density at radius 2 is 2.16 bits per heavy atom. The molecule has 0 saturated carbocycles. The zero-order valence-corrected chi connectivity index (χ0v) is 11.0. The Labute approximate surface area is 110 Å². The summed E-state index contributed by atoms with van der Waals surface area (Å²) in [5.41, 5.74) is 1.45. The van der Waals surface area contributed by atoms with Crippen LogP contribution in [0, 0.1) is 19.7 Å². The van der Waals surface area contributed by atoms with E-state index in [-0.39, 0.29) is 24.1 Å². The predicted octanol–water partition coefficient (Wildman–Crippen LogP) is 3.27. The number of carbonyl (C=O) groups excluding carboxylic acids is 1. The van der Waals surface area contributed by atoms with Crippen LogP contribution in [0.1, 0.15) is 28.7 Å². The Balaban J connectivity index is 2.38. The van der Waals surface area contributed by atoms with Crippen LogP contribution in [0.5, 0.6) is 0 Å². The molecule has 1 heterocycles. The predicted molar refractivity (Wildman–Crippen MR) is 67.3 cm³/mol. The first-order valence-electron chi connectivity index (χ1n) is 5.94. The summed E-state index contributed by atoms with van der Waals surface area (Å²) in [5.74, 6) is -0.644. The van der Waals surface area contributed by atoms with Crippen LogP contribution in [-0.4, -0.2) is 17.6 Å². The van der Waals surface area contributed by atoms with Crippen molar-refractivity contribution in [1.82, 2.24) is 4.98 Å². The molecule has 4 nitrogen and oxygen atoms in total. The highest BCUT2D eigenvalue weighted by atomic mass is 19.1. The SMILES string of the molecule is CCOC(=O)c1oc(-c2ccc(C)c(F)c2)nc1C. The highest BCUT2D eigenvalue weighted by Gasteiger charge is 2.19. The van der Waals surface area contributed by atoms with Gasteiger partial charge in [0.25, 0.3) is 0 Å². The van der Waals surface area contributed by atoms with Crippen LogP contribution in [0.3, 0.4) is 0 Å². The highest BCUT2D eigenvalue weighted by Crippen LogP contribution is 2.24. The minimum absolute atomic E-state index is 0.0535. The Kier molecular flexibility index (Phi) is 3.64. The molecule has 0 fully saturated rings. The van der Waals surface area contributed by atoms with Crippen molar-refractivity contribution >= 4 is 5.97 Å². The summed E-state index contributed by atoms with van der Waals surface area (Å²) in [6.45, 7) is 5.28. The number of aryl methyl sites for hydroxylation is 2. The van der Waals surface area contributed by atoms with Crippen molar-refractivity contribution in [2.75, 3.05) is 6.61 Å². The van der Waals surface area contributed by atoms with E-state index in [1.54, 1.807) is 32.9 Å². The van der Waals surface area contributed by atoms with Crippen LogP contribution in [0.2, 0.25) is 0 Å². The summed E-state index contributed by atoms with van der Waals surface area (Å²) >= 11 is 0. The van der Waals surface area contributed by atoms with Gasteiger partial charge in [-0.25, -0.2) is 14.2 Å². The molecule has 0 aliphatic carbocycles. The molecule has 19 heavy (non-hydrogen) atoms. The van der Waals surface area contributed by atoms with Crippen molar-refractivity contribution in [3.05, 3.63) is 41.0 Å². The van der Waals surface area contributed by atoms with Crippen LogP contribution < -0.4 is 0 Å². The monoisotopic (exact) mass is 263 g/mol. The van der Waals surface area contributed by atoms with Crippen LogP contribution in [0.25, 0.3) is 11.5 Å². The lowest BCUT2D eigenvalue weighted by Gasteiger charge is -1.99. The summed E-state index contributed by atoms with van der Waals surface area (Å²) in [4.78, 5) is 15.7. The fourth-order valence-corrected chi connectivity index (χ4v) is 1.63. The van der Waals surface area contributed by atoms with Crippen molar-refractivity contribution in [2.45, 2.75) is 20.8 Å². The Morgan fingerprint density at radius 3 is 2.79 bits per heavy atom. The van der Waals surface area contributed by atoms with Crippen LogP contribution in [0.15, 0.2) is 22.6 Å². The van der Waals surface area contributed by atoms with Gasteiger partial charge in [0, 0.05) is 5.56 Å². The summed E-state index contributed by atoms with van der Waals surface area (Å²) in [7, 11) is 0. The normalized spacial score (nSPS) is 10.5. The van der Waals surface area contributed by atoms with Gasteiger partial charge in [-0.15, -0.1) is 0 Å². The van der Waals surface area contributed by atoms with Crippen molar-refractivity contribution in [1.29, 1.82) is 0 Å². The maximum Gasteiger partial charge on any atom is 0.376 e. The lowest BCUT2D eigenvalue weighted by atomic mass is 10.1. The van der Waals surface area contributed by atoms with E-state index in [1.807, 2.05) is 0 Å². The quantitative estimate of drug-likeness (QED) is 0.797.